The van der Waals surface area contributed by atoms with Crippen LogP contribution in [-0.4, -0.2) is 44.7 Å². The summed E-state index contributed by atoms with van der Waals surface area (Å²) in [6.45, 7) is 6.72. The summed E-state index contributed by atoms with van der Waals surface area (Å²) in [6, 6.07) is 0. The van der Waals surface area contributed by atoms with E-state index in [-0.39, 0.29) is 41.3 Å². The lowest BCUT2D eigenvalue weighted by Crippen LogP contribution is -2.62. The van der Waals surface area contributed by atoms with E-state index in [9.17, 15) is 20.1 Å². The third-order valence-corrected chi connectivity index (χ3v) is 10.3. The fraction of sp³-hybridized carbons (Fsp3) is 0.958. The first kappa shape index (κ1) is 21.6. The Hall–Kier alpha value is -0.650. The van der Waals surface area contributed by atoms with Gasteiger partial charge in [-0.15, -0.1) is 0 Å². The molecule has 0 spiro atoms. The molecule has 0 aromatic heterocycles. The van der Waals surface area contributed by atoms with Gasteiger partial charge in [-0.2, -0.15) is 0 Å². The van der Waals surface area contributed by atoms with E-state index in [1.807, 2.05) is 0 Å². The van der Waals surface area contributed by atoms with E-state index in [4.69, 9.17) is 5.11 Å². The molecule has 4 N–H and O–H groups in total. The molecule has 0 radical (unpaired) electrons. The molecule has 0 amide bonds. The van der Waals surface area contributed by atoms with Gasteiger partial charge < -0.3 is 20.4 Å². The van der Waals surface area contributed by atoms with E-state index in [1.165, 1.54) is 0 Å². The molecule has 0 aliphatic heterocycles. The van der Waals surface area contributed by atoms with Crippen LogP contribution in [-0.2, 0) is 4.79 Å². The molecule has 5 heteroatoms. The molecule has 4 saturated carbocycles. The Balaban J connectivity index is 1.61. The second-order valence-electron chi connectivity index (χ2n) is 11.4. The molecule has 4 rings (SSSR count). The van der Waals surface area contributed by atoms with Crippen molar-refractivity contribution in [2.45, 2.75) is 96.9 Å². The van der Waals surface area contributed by atoms with Gasteiger partial charge in [0.05, 0.1) is 18.3 Å². The highest BCUT2D eigenvalue weighted by Gasteiger charge is 2.65. The molecule has 0 bridgehead atoms. The fourth-order valence-electron chi connectivity index (χ4n) is 8.68. The van der Waals surface area contributed by atoms with Crippen LogP contribution in [0.15, 0.2) is 0 Å². The Kier molecular flexibility index (Phi) is 5.57. The summed E-state index contributed by atoms with van der Waals surface area (Å²) in [5, 5.41) is 42.0. The van der Waals surface area contributed by atoms with Crippen LogP contribution in [0.4, 0.5) is 0 Å². The van der Waals surface area contributed by atoms with Crippen molar-refractivity contribution in [2.24, 2.45) is 46.3 Å². The lowest BCUT2D eigenvalue weighted by atomic mass is 9.43. The van der Waals surface area contributed by atoms with E-state index < -0.39 is 12.1 Å². The van der Waals surface area contributed by atoms with Gasteiger partial charge in [0, 0.05) is 6.42 Å². The van der Waals surface area contributed by atoms with Gasteiger partial charge in [-0.25, -0.2) is 0 Å². The quantitative estimate of drug-likeness (QED) is 0.571. The van der Waals surface area contributed by atoms with Crippen molar-refractivity contribution in [2.75, 3.05) is 0 Å². The largest absolute Gasteiger partial charge is 0.481 e. The highest BCUT2D eigenvalue weighted by Crippen LogP contribution is 2.68. The third-order valence-electron chi connectivity index (χ3n) is 10.3. The molecule has 0 saturated heterocycles. The van der Waals surface area contributed by atoms with Crippen molar-refractivity contribution >= 4 is 5.97 Å². The summed E-state index contributed by atoms with van der Waals surface area (Å²) in [7, 11) is 0. The maximum absolute atomic E-state index is 11.5. The van der Waals surface area contributed by atoms with Crippen LogP contribution in [0.5, 0.6) is 0 Å². The number of hydrogen-bond acceptors (Lipinski definition) is 4. The molecule has 29 heavy (non-hydrogen) atoms. The Morgan fingerprint density at radius 3 is 2.45 bits per heavy atom. The van der Waals surface area contributed by atoms with Gasteiger partial charge in [0.25, 0.3) is 0 Å². The average Bonchev–Trinajstić information content (AvgIpc) is 3.01. The minimum absolute atomic E-state index is 0.0957. The molecule has 166 valence electrons. The van der Waals surface area contributed by atoms with Gasteiger partial charge in [0.15, 0.2) is 0 Å². The number of carboxylic acid groups (broad SMARTS) is 1. The second-order valence-corrected chi connectivity index (χ2v) is 11.4. The predicted molar refractivity (Wildman–Crippen MR) is 110 cm³/mol. The zero-order valence-electron chi connectivity index (χ0n) is 18.3. The number of aliphatic hydroxyl groups is 3. The summed E-state index contributed by atoms with van der Waals surface area (Å²) >= 11 is 0. The molecule has 4 aliphatic carbocycles. The molecule has 0 aromatic rings. The molecule has 0 heterocycles. The first-order valence-electron chi connectivity index (χ1n) is 11.8. The number of hydrogen-bond donors (Lipinski definition) is 4. The van der Waals surface area contributed by atoms with Gasteiger partial charge in [-0.1, -0.05) is 20.8 Å². The monoisotopic (exact) mass is 408 g/mol. The third kappa shape index (κ3) is 3.27. The zero-order chi connectivity index (χ0) is 21.1. The Bertz CT molecular complexity index is 637. The predicted octanol–water partition coefficient (Wildman–Crippen LogP) is 3.45. The van der Waals surface area contributed by atoms with E-state index in [1.54, 1.807) is 0 Å². The minimum Gasteiger partial charge on any atom is -0.481 e. The van der Waals surface area contributed by atoms with E-state index in [0.717, 1.165) is 44.9 Å². The zero-order valence-corrected chi connectivity index (χ0v) is 18.3. The maximum atomic E-state index is 11.5. The first-order valence-corrected chi connectivity index (χ1v) is 11.8. The standard InChI is InChI=1S/C24H40O5/c1-13(4-7-21(28)29)16-5-6-17-22-18(12-20(27)24(16,17)3)23(2)9-8-15(25)10-14(23)11-19(22)26/h13-20,22,25-27H,4-12H2,1-3H3,(H,28,29)/t13-,14?,15?,16?,17?,18?,19?,20?,22?,23?,24?/m1/s1. The van der Waals surface area contributed by atoms with Crippen LogP contribution in [0.25, 0.3) is 0 Å². The smallest absolute Gasteiger partial charge is 0.303 e. The highest BCUT2D eigenvalue weighted by atomic mass is 16.4. The van der Waals surface area contributed by atoms with Gasteiger partial charge in [-0.3, -0.25) is 4.79 Å². The van der Waals surface area contributed by atoms with Gasteiger partial charge >= 0.3 is 5.97 Å². The van der Waals surface area contributed by atoms with Crippen LogP contribution in [0.3, 0.4) is 0 Å². The van der Waals surface area contributed by atoms with Crippen LogP contribution < -0.4 is 0 Å². The van der Waals surface area contributed by atoms with Gasteiger partial charge in [0.2, 0.25) is 0 Å². The fourth-order valence-corrected chi connectivity index (χ4v) is 8.68. The Labute approximate surface area is 174 Å². The molecular formula is C24H40O5. The van der Waals surface area contributed by atoms with Crippen molar-refractivity contribution in [3.8, 4) is 0 Å². The van der Waals surface area contributed by atoms with E-state index in [2.05, 4.69) is 20.8 Å². The normalized spacial score (nSPS) is 52.9. The summed E-state index contributed by atoms with van der Waals surface area (Å²) in [5.74, 6) is 0.997. The summed E-state index contributed by atoms with van der Waals surface area (Å²) in [6.07, 6.45) is 6.00. The van der Waals surface area contributed by atoms with Gasteiger partial charge in [-0.05, 0) is 97.7 Å². The molecular weight excluding hydrogens is 368 g/mol. The first-order chi connectivity index (χ1) is 13.6. The highest BCUT2D eigenvalue weighted by molar-refractivity contribution is 5.66. The number of aliphatic carboxylic acids is 1. The average molecular weight is 409 g/mol. The SMILES string of the molecule is C[C@H](CCC(=O)O)C1CCC2C3C(O)CC4CC(O)CCC4(C)C3CC(O)C21C. The minimum atomic E-state index is -0.748. The van der Waals surface area contributed by atoms with Crippen LogP contribution in [0.2, 0.25) is 0 Å². The summed E-state index contributed by atoms with van der Waals surface area (Å²) in [5.41, 5.74) is -0.143. The lowest BCUT2D eigenvalue weighted by molar-refractivity contribution is -0.207. The van der Waals surface area contributed by atoms with E-state index in [0.29, 0.717) is 30.1 Å². The number of carboxylic acids is 1. The van der Waals surface area contributed by atoms with E-state index >= 15 is 0 Å². The number of rotatable bonds is 4. The van der Waals surface area contributed by atoms with Crippen molar-refractivity contribution in [3.63, 3.8) is 0 Å². The van der Waals surface area contributed by atoms with Crippen LogP contribution in [0.1, 0.15) is 78.6 Å². The maximum Gasteiger partial charge on any atom is 0.303 e. The van der Waals surface area contributed by atoms with Crippen molar-refractivity contribution in [1.82, 2.24) is 0 Å². The second kappa shape index (κ2) is 7.49. The van der Waals surface area contributed by atoms with Crippen molar-refractivity contribution < 1.29 is 25.2 Å². The topological polar surface area (TPSA) is 98.0 Å². The lowest BCUT2D eigenvalue weighted by Gasteiger charge is -2.63. The number of aliphatic hydroxyl groups excluding tert-OH is 3. The molecule has 4 aliphatic rings. The van der Waals surface area contributed by atoms with Crippen molar-refractivity contribution in [1.29, 1.82) is 0 Å². The van der Waals surface area contributed by atoms with Crippen molar-refractivity contribution in [3.05, 3.63) is 0 Å². The van der Waals surface area contributed by atoms with Crippen LogP contribution in [0, 0.1) is 46.3 Å². The number of fused-ring (bicyclic) bond motifs is 5. The molecule has 11 atom stereocenters. The van der Waals surface area contributed by atoms with Crippen LogP contribution >= 0.6 is 0 Å². The Morgan fingerprint density at radius 2 is 1.76 bits per heavy atom. The summed E-state index contributed by atoms with van der Waals surface area (Å²) in [4.78, 5) is 11.1. The molecule has 4 fully saturated rings. The summed E-state index contributed by atoms with van der Waals surface area (Å²) < 4.78 is 0. The molecule has 5 nitrogen and oxygen atoms in total. The molecule has 0 aromatic carbocycles. The number of carbonyl (C=O) groups is 1. The van der Waals surface area contributed by atoms with Gasteiger partial charge in [0.1, 0.15) is 0 Å². The Morgan fingerprint density at radius 1 is 1.03 bits per heavy atom. The molecule has 10 unspecified atom stereocenters.